The van der Waals surface area contributed by atoms with Crippen molar-refractivity contribution >= 4 is 0 Å². The van der Waals surface area contributed by atoms with E-state index in [0.29, 0.717) is 0 Å². The SMILES string of the molecule is C1CCCCCCNNNNNNNCCCCC1. The van der Waals surface area contributed by atoms with Gasteiger partial charge in [-0.15, -0.1) is 0 Å². The van der Waals surface area contributed by atoms with Crippen LogP contribution in [0.3, 0.4) is 0 Å². The molecule has 0 spiro atoms. The summed E-state index contributed by atoms with van der Waals surface area (Å²) in [7, 11) is 0. The summed E-state index contributed by atoms with van der Waals surface area (Å²) in [4.78, 5) is 0. The summed E-state index contributed by atoms with van der Waals surface area (Å²) in [6.07, 6.45) is 13.4. The van der Waals surface area contributed by atoms with Crippen LogP contribution in [0.25, 0.3) is 0 Å². The maximum absolute atomic E-state index is 3.09. The van der Waals surface area contributed by atoms with Gasteiger partial charge in [0, 0.05) is 13.1 Å². The van der Waals surface area contributed by atoms with E-state index in [-0.39, 0.29) is 0 Å². The van der Waals surface area contributed by atoms with Crippen molar-refractivity contribution < 1.29 is 0 Å². The molecule has 19 heavy (non-hydrogen) atoms. The molecule has 1 heterocycles. The van der Waals surface area contributed by atoms with Crippen LogP contribution in [0.15, 0.2) is 0 Å². The van der Waals surface area contributed by atoms with Gasteiger partial charge in [-0.05, 0) is 12.8 Å². The standard InChI is InChI=1S/C12H31N7/c1-2-4-6-8-10-12-14-16-18-19-17-15-13-11-9-7-5-3-1/h13-19H,1-12H2. The third-order valence-corrected chi connectivity index (χ3v) is 3.28. The Labute approximate surface area is 116 Å². The zero-order chi connectivity index (χ0) is 13.4. The molecule has 7 heteroatoms. The Morgan fingerprint density at radius 1 is 0.316 bits per heavy atom. The Morgan fingerprint density at radius 2 is 0.632 bits per heavy atom. The van der Waals surface area contributed by atoms with Gasteiger partial charge in [-0.1, -0.05) is 51.4 Å². The third kappa shape index (κ3) is 12.5. The van der Waals surface area contributed by atoms with E-state index in [4.69, 9.17) is 0 Å². The zero-order valence-corrected chi connectivity index (χ0v) is 12.0. The molecule has 1 fully saturated rings. The van der Waals surface area contributed by atoms with Crippen LogP contribution in [-0.2, 0) is 0 Å². The second-order valence-corrected chi connectivity index (χ2v) is 5.01. The zero-order valence-electron chi connectivity index (χ0n) is 12.0. The fraction of sp³-hybridized carbons (Fsp3) is 1.00. The van der Waals surface area contributed by atoms with Crippen LogP contribution in [0.1, 0.15) is 64.2 Å². The molecule has 0 atom stereocenters. The lowest BCUT2D eigenvalue weighted by atomic mass is 10.1. The molecule has 0 aromatic carbocycles. The number of nitrogens with one attached hydrogen (secondary N) is 7. The molecule has 0 saturated carbocycles. The van der Waals surface area contributed by atoms with E-state index < -0.39 is 0 Å². The molecule has 0 amide bonds. The topological polar surface area (TPSA) is 84.2 Å². The number of hydrogen-bond donors (Lipinski definition) is 7. The lowest BCUT2D eigenvalue weighted by molar-refractivity contribution is 0.270. The molecule has 1 saturated heterocycles. The largest absolute Gasteiger partial charge is 0.243 e. The lowest BCUT2D eigenvalue weighted by Crippen LogP contribution is -2.61. The highest BCUT2D eigenvalue weighted by Crippen LogP contribution is 2.10. The molecule has 0 aromatic heterocycles. The van der Waals surface area contributed by atoms with E-state index in [1.54, 1.807) is 0 Å². The first kappa shape index (κ1) is 16.8. The summed E-state index contributed by atoms with van der Waals surface area (Å²) in [6, 6.07) is 0. The molecule has 0 radical (unpaired) electrons. The van der Waals surface area contributed by atoms with Gasteiger partial charge in [-0.3, -0.25) is 0 Å². The van der Waals surface area contributed by atoms with Crippen LogP contribution < -0.4 is 38.5 Å². The minimum absolute atomic E-state index is 0.973. The summed E-state index contributed by atoms with van der Waals surface area (Å²) in [5.41, 5.74) is 20.2. The molecule has 114 valence electrons. The van der Waals surface area contributed by atoms with Gasteiger partial charge < -0.3 is 0 Å². The van der Waals surface area contributed by atoms with Crippen molar-refractivity contribution in [3.63, 3.8) is 0 Å². The average Bonchev–Trinajstić information content (AvgIpc) is 2.43. The van der Waals surface area contributed by atoms with Crippen LogP contribution in [0.5, 0.6) is 0 Å². The van der Waals surface area contributed by atoms with Gasteiger partial charge in [0.15, 0.2) is 0 Å². The summed E-state index contributed by atoms with van der Waals surface area (Å²) >= 11 is 0. The number of hydrogen-bond acceptors (Lipinski definition) is 7. The molecule has 1 rings (SSSR count). The van der Waals surface area contributed by atoms with Gasteiger partial charge in [0.2, 0.25) is 0 Å². The van der Waals surface area contributed by atoms with Crippen LogP contribution in [0, 0.1) is 0 Å². The minimum atomic E-state index is 0.973. The van der Waals surface area contributed by atoms with Gasteiger partial charge in [0.1, 0.15) is 0 Å². The van der Waals surface area contributed by atoms with E-state index in [0.717, 1.165) is 13.1 Å². The van der Waals surface area contributed by atoms with Gasteiger partial charge in [0.25, 0.3) is 0 Å². The molecule has 0 aliphatic carbocycles. The average molecular weight is 273 g/mol. The summed E-state index contributed by atoms with van der Waals surface area (Å²) in [6.45, 7) is 1.95. The quantitative estimate of drug-likeness (QED) is 0.346. The van der Waals surface area contributed by atoms with E-state index in [9.17, 15) is 0 Å². The van der Waals surface area contributed by atoms with Gasteiger partial charge in [-0.2, -0.15) is 27.7 Å². The molecule has 1 aliphatic heterocycles. The second kappa shape index (κ2) is 14.1. The van der Waals surface area contributed by atoms with Crippen LogP contribution in [0.2, 0.25) is 0 Å². The van der Waals surface area contributed by atoms with E-state index in [2.05, 4.69) is 38.5 Å². The van der Waals surface area contributed by atoms with Crippen molar-refractivity contribution in [2.24, 2.45) is 0 Å². The molecule has 0 bridgehead atoms. The normalized spacial score (nSPS) is 24.0. The Kier molecular flexibility index (Phi) is 12.5. The Balaban J connectivity index is 2.01. The molecule has 7 N–H and O–H groups in total. The monoisotopic (exact) mass is 273 g/mol. The highest BCUT2D eigenvalue weighted by molar-refractivity contribution is 4.49. The van der Waals surface area contributed by atoms with Crippen molar-refractivity contribution in [2.75, 3.05) is 13.1 Å². The predicted molar refractivity (Wildman–Crippen MR) is 77.9 cm³/mol. The summed E-state index contributed by atoms with van der Waals surface area (Å²) in [5, 5.41) is 0. The van der Waals surface area contributed by atoms with Gasteiger partial charge in [0.05, 0.1) is 0 Å². The predicted octanol–water partition coefficient (Wildman–Crippen LogP) is 0.518. The van der Waals surface area contributed by atoms with Crippen LogP contribution in [-0.4, -0.2) is 13.1 Å². The Hall–Kier alpha value is -0.280. The number of rotatable bonds is 0. The van der Waals surface area contributed by atoms with Gasteiger partial charge >= 0.3 is 0 Å². The summed E-state index contributed by atoms with van der Waals surface area (Å²) in [5.74, 6) is 0. The fourth-order valence-corrected chi connectivity index (χ4v) is 2.15. The second-order valence-electron chi connectivity index (χ2n) is 5.01. The molecule has 0 aromatic rings. The Morgan fingerprint density at radius 3 is 1.05 bits per heavy atom. The molecular weight excluding hydrogens is 242 g/mol. The fourth-order valence-electron chi connectivity index (χ4n) is 2.15. The number of hydrazine groups is 6. The van der Waals surface area contributed by atoms with E-state index >= 15 is 0 Å². The van der Waals surface area contributed by atoms with E-state index in [1.165, 1.54) is 64.2 Å². The molecular formula is C12H31N7. The maximum Gasteiger partial charge on any atom is 0.0113 e. The third-order valence-electron chi connectivity index (χ3n) is 3.28. The minimum Gasteiger partial charge on any atom is -0.243 e. The summed E-state index contributed by atoms with van der Waals surface area (Å²) < 4.78 is 0. The van der Waals surface area contributed by atoms with Crippen molar-refractivity contribution in [1.29, 1.82) is 0 Å². The highest BCUT2D eigenvalue weighted by atomic mass is 15.9. The highest BCUT2D eigenvalue weighted by Gasteiger charge is 1.94. The van der Waals surface area contributed by atoms with Crippen LogP contribution in [0.4, 0.5) is 0 Å². The smallest absolute Gasteiger partial charge is 0.0113 e. The van der Waals surface area contributed by atoms with E-state index in [1.807, 2.05) is 0 Å². The molecule has 7 nitrogen and oxygen atoms in total. The van der Waals surface area contributed by atoms with Crippen LogP contribution >= 0.6 is 0 Å². The van der Waals surface area contributed by atoms with Crippen molar-refractivity contribution in [3.05, 3.63) is 0 Å². The molecule has 0 unspecified atom stereocenters. The van der Waals surface area contributed by atoms with Crippen molar-refractivity contribution in [3.8, 4) is 0 Å². The van der Waals surface area contributed by atoms with Crippen molar-refractivity contribution in [2.45, 2.75) is 64.2 Å². The Bertz CT molecular complexity index is 98.8. The molecule has 1 aliphatic rings. The first-order valence-electron chi connectivity index (χ1n) is 7.71. The first-order chi connectivity index (χ1) is 9.50. The maximum atomic E-state index is 3.09. The lowest BCUT2D eigenvalue weighted by Gasteiger charge is -2.12. The first-order valence-corrected chi connectivity index (χ1v) is 7.71. The van der Waals surface area contributed by atoms with Crippen molar-refractivity contribution in [1.82, 2.24) is 38.5 Å². The van der Waals surface area contributed by atoms with Gasteiger partial charge in [-0.25, -0.2) is 10.9 Å².